The molecule has 0 aliphatic heterocycles. The number of nitrogens with one attached hydrogen (secondary N) is 1. The smallest absolute Gasteiger partial charge is 0.331 e. The second-order valence-corrected chi connectivity index (χ2v) is 5.15. The van der Waals surface area contributed by atoms with Gasteiger partial charge in [-0.3, -0.25) is 4.79 Å². The summed E-state index contributed by atoms with van der Waals surface area (Å²) < 4.78 is 23.5. The summed E-state index contributed by atoms with van der Waals surface area (Å²) in [5.41, 5.74) is 0.767. The van der Waals surface area contributed by atoms with Crippen LogP contribution in [0.2, 0.25) is 0 Å². The lowest BCUT2D eigenvalue weighted by Crippen LogP contribution is -2.44. The van der Waals surface area contributed by atoms with Gasteiger partial charge >= 0.3 is 5.97 Å². The number of halogens is 1. The monoisotopic (exact) mass is 347 g/mol. The van der Waals surface area contributed by atoms with Crippen molar-refractivity contribution < 1.29 is 28.6 Å². The average Bonchev–Trinajstić information content (AvgIpc) is 2.64. The van der Waals surface area contributed by atoms with E-state index in [9.17, 15) is 19.1 Å². The van der Waals surface area contributed by atoms with Crippen molar-refractivity contribution in [3.05, 3.63) is 65.5 Å². The third-order valence-corrected chi connectivity index (χ3v) is 3.41. The van der Waals surface area contributed by atoms with E-state index in [0.29, 0.717) is 0 Å². The van der Waals surface area contributed by atoms with Gasteiger partial charge in [-0.15, -0.1) is 0 Å². The predicted molar refractivity (Wildman–Crippen MR) is 87.5 cm³/mol. The third kappa shape index (κ3) is 5.02. The van der Waals surface area contributed by atoms with Gasteiger partial charge in [-0.1, -0.05) is 30.3 Å². The van der Waals surface area contributed by atoms with E-state index in [1.165, 1.54) is 19.2 Å². The van der Waals surface area contributed by atoms with E-state index in [2.05, 4.69) is 5.32 Å². The lowest BCUT2D eigenvalue weighted by atomic mass is 10.2. The van der Waals surface area contributed by atoms with E-state index < -0.39 is 30.3 Å². The zero-order valence-corrected chi connectivity index (χ0v) is 13.6. The number of rotatable bonds is 7. The van der Waals surface area contributed by atoms with Crippen LogP contribution in [0.3, 0.4) is 0 Å². The zero-order valence-electron chi connectivity index (χ0n) is 13.6. The van der Waals surface area contributed by atoms with Gasteiger partial charge in [-0.05, 0) is 23.8 Å². The molecule has 0 spiro atoms. The Hall–Kier alpha value is -2.93. The lowest BCUT2D eigenvalue weighted by molar-refractivity contribution is -0.148. The molecule has 0 saturated carbocycles. The normalized spacial score (nSPS) is 11.5. The molecule has 0 radical (unpaired) electrons. The Morgan fingerprint density at radius 3 is 2.52 bits per heavy atom. The Balaban J connectivity index is 1.97. The molecule has 1 amide bonds. The minimum atomic E-state index is -1.25. The van der Waals surface area contributed by atoms with Gasteiger partial charge in [0.2, 0.25) is 0 Å². The first-order valence-corrected chi connectivity index (χ1v) is 7.51. The third-order valence-electron chi connectivity index (χ3n) is 3.41. The van der Waals surface area contributed by atoms with Crippen molar-refractivity contribution in [2.75, 3.05) is 13.7 Å². The molecule has 6 nitrogen and oxygen atoms in total. The number of methoxy groups -OCH3 is 1. The van der Waals surface area contributed by atoms with E-state index >= 15 is 0 Å². The number of amides is 1. The first kappa shape index (κ1) is 18.4. The van der Waals surface area contributed by atoms with Crippen molar-refractivity contribution in [1.82, 2.24) is 5.32 Å². The molecule has 25 heavy (non-hydrogen) atoms. The van der Waals surface area contributed by atoms with Gasteiger partial charge < -0.3 is 19.9 Å². The van der Waals surface area contributed by atoms with E-state index in [1.807, 2.05) is 6.07 Å². The van der Waals surface area contributed by atoms with Gasteiger partial charge in [-0.2, -0.15) is 0 Å². The van der Waals surface area contributed by atoms with E-state index in [-0.39, 0.29) is 17.9 Å². The van der Waals surface area contributed by atoms with Gasteiger partial charge in [0.25, 0.3) is 5.91 Å². The Labute approximate surface area is 144 Å². The topological polar surface area (TPSA) is 84.9 Å². The van der Waals surface area contributed by atoms with Crippen LogP contribution in [0.5, 0.6) is 5.75 Å². The van der Waals surface area contributed by atoms with Crippen molar-refractivity contribution in [3.8, 4) is 5.75 Å². The number of benzene rings is 2. The standard InChI is InChI=1S/C18H18FNO5/c1-24-16-8-7-13(9-14(16)19)17(22)20-15(10-21)18(23)25-11-12-5-3-2-4-6-12/h2-9,15,21H,10-11H2,1H3,(H,20,22)/t15-/m0/s1. The fraction of sp³-hybridized carbons (Fsp3) is 0.222. The van der Waals surface area contributed by atoms with Crippen LogP contribution in [0.25, 0.3) is 0 Å². The molecule has 132 valence electrons. The van der Waals surface area contributed by atoms with Gasteiger partial charge in [0.05, 0.1) is 13.7 Å². The highest BCUT2D eigenvalue weighted by Crippen LogP contribution is 2.17. The zero-order chi connectivity index (χ0) is 18.2. The van der Waals surface area contributed by atoms with Crippen molar-refractivity contribution >= 4 is 11.9 Å². The van der Waals surface area contributed by atoms with Gasteiger partial charge in [0.1, 0.15) is 6.61 Å². The highest BCUT2D eigenvalue weighted by atomic mass is 19.1. The van der Waals surface area contributed by atoms with Crippen LogP contribution in [0.15, 0.2) is 48.5 Å². The largest absolute Gasteiger partial charge is 0.494 e. The van der Waals surface area contributed by atoms with E-state index in [1.54, 1.807) is 24.3 Å². The van der Waals surface area contributed by atoms with Crippen molar-refractivity contribution in [3.63, 3.8) is 0 Å². The van der Waals surface area contributed by atoms with E-state index in [4.69, 9.17) is 9.47 Å². The number of hydrogen-bond donors (Lipinski definition) is 2. The Bertz CT molecular complexity index is 736. The summed E-state index contributed by atoms with van der Waals surface area (Å²) in [6.45, 7) is -0.624. The first-order valence-electron chi connectivity index (χ1n) is 7.51. The molecule has 0 heterocycles. The molecule has 0 saturated heterocycles. The Morgan fingerprint density at radius 2 is 1.92 bits per heavy atom. The van der Waals surface area contributed by atoms with Gasteiger partial charge in [-0.25, -0.2) is 9.18 Å². The number of ether oxygens (including phenoxy) is 2. The molecule has 0 fully saturated rings. The molecule has 0 aliphatic carbocycles. The van der Waals surface area contributed by atoms with Crippen molar-refractivity contribution in [2.45, 2.75) is 12.6 Å². The van der Waals surface area contributed by atoms with Crippen LogP contribution < -0.4 is 10.1 Å². The maximum absolute atomic E-state index is 13.7. The maximum atomic E-state index is 13.7. The number of aliphatic hydroxyl groups is 1. The SMILES string of the molecule is COc1ccc(C(=O)N[C@@H](CO)C(=O)OCc2ccccc2)cc1F. The highest BCUT2D eigenvalue weighted by Gasteiger charge is 2.22. The molecular formula is C18H18FNO5. The molecule has 0 unspecified atom stereocenters. The number of esters is 1. The quantitative estimate of drug-likeness (QED) is 0.744. The minimum Gasteiger partial charge on any atom is -0.494 e. The van der Waals surface area contributed by atoms with Crippen LogP contribution in [0, 0.1) is 5.82 Å². The first-order chi connectivity index (χ1) is 12.0. The second kappa shape index (κ2) is 8.79. The molecule has 2 aromatic carbocycles. The maximum Gasteiger partial charge on any atom is 0.331 e. The summed E-state index contributed by atoms with van der Waals surface area (Å²) in [5, 5.41) is 11.6. The average molecular weight is 347 g/mol. The summed E-state index contributed by atoms with van der Waals surface area (Å²) in [6.07, 6.45) is 0. The number of carbonyl (C=O) groups excluding carboxylic acids is 2. The van der Waals surface area contributed by atoms with Gasteiger partial charge in [0.15, 0.2) is 17.6 Å². The van der Waals surface area contributed by atoms with Crippen molar-refractivity contribution in [1.29, 1.82) is 0 Å². The number of aliphatic hydroxyl groups excluding tert-OH is 1. The Kier molecular flexibility index (Phi) is 6.47. The Morgan fingerprint density at radius 1 is 1.20 bits per heavy atom. The molecule has 2 rings (SSSR count). The van der Waals surface area contributed by atoms with Crippen molar-refractivity contribution in [2.24, 2.45) is 0 Å². The molecule has 2 N–H and O–H groups in total. The molecule has 2 aromatic rings. The number of hydrogen-bond acceptors (Lipinski definition) is 5. The molecule has 0 aromatic heterocycles. The van der Waals surface area contributed by atoms with Gasteiger partial charge in [0, 0.05) is 5.56 Å². The fourth-order valence-electron chi connectivity index (χ4n) is 2.06. The van der Waals surface area contributed by atoms with Crippen LogP contribution in [-0.2, 0) is 16.1 Å². The lowest BCUT2D eigenvalue weighted by Gasteiger charge is -2.15. The van der Waals surface area contributed by atoms with Crippen LogP contribution in [0.4, 0.5) is 4.39 Å². The highest BCUT2D eigenvalue weighted by molar-refractivity contribution is 5.96. The number of carbonyl (C=O) groups is 2. The minimum absolute atomic E-state index is 0.00229. The summed E-state index contributed by atoms with van der Waals surface area (Å²) in [6, 6.07) is 11.4. The molecule has 0 bridgehead atoms. The van der Waals surface area contributed by atoms with Crippen LogP contribution in [-0.4, -0.2) is 36.7 Å². The summed E-state index contributed by atoms with van der Waals surface area (Å²) in [7, 11) is 1.31. The summed E-state index contributed by atoms with van der Waals surface area (Å²) in [5.74, 6) is -2.20. The second-order valence-electron chi connectivity index (χ2n) is 5.15. The summed E-state index contributed by atoms with van der Waals surface area (Å²) in [4.78, 5) is 24.1. The molecule has 7 heteroatoms. The van der Waals surface area contributed by atoms with Crippen LogP contribution in [0.1, 0.15) is 15.9 Å². The molecule has 0 aliphatic rings. The molecular weight excluding hydrogens is 329 g/mol. The predicted octanol–water partition coefficient (Wildman–Crippen LogP) is 1.67. The summed E-state index contributed by atoms with van der Waals surface area (Å²) >= 11 is 0. The van der Waals surface area contributed by atoms with Crippen LogP contribution >= 0.6 is 0 Å². The molecule has 1 atom stereocenters. The van der Waals surface area contributed by atoms with E-state index in [0.717, 1.165) is 11.6 Å². The fourth-order valence-corrected chi connectivity index (χ4v) is 2.06.